The summed E-state index contributed by atoms with van der Waals surface area (Å²) < 4.78 is 5.14. The van der Waals surface area contributed by atoms with Crippen molar-refractivity contribution < 1.29 is 19.2 Å². The van der Waals surface area contributed by atoms with Crippen molar-refractivity contribution in [3.05, 3.63) is 29.8 Å². The lowest BCUT2D eigenvalue weighted by atomic mass is 10.0. The third kappa shape index (κ3) is 5.19. The van der Waals surface area contributed by atoms with Gasteiger partial charge in [0.1, 0.15) is 0 Å². The molecule has 1 aliphatic heterocycles. The van der Waals surface area contributed by atoms with E-state index in [-0.39, 0.29) is 5.91 Å². The molecule has 1 unspecified atom stereocenters. The first-order valence-corrected chi connectivity index (χ1v) is 7.74. The molecule has 0 aliphatic carbocycles. The number of hydrogen-bond acceptors (Lipinski definition) is 5. The maximum absolute atomic E-state index is 11.9. The molecule has 1 aromatic carbocycles. The van der Waals surface area contributed by atoms with Crippen molar-refractivity contribution in [1.29, 1.82) is 0 Å². The summed E-state index contributed by atoms with van der Waals surface area (Å²) in [6.45, 7) is 5.97. The fourth-order valence-corrected chi connectivity index (χ4v) is 2.04. The second kappa shape index (κ2) is 8.24. The Labute approximate surface area is 140 Å². The van der Waals surface area contributed by atoms with Crippen LogP contribution in [-0.4, -0.2) is 36.6 Å². The zero-order valence-corrected chi connectivity index (χ0v) is 14.0. The van der Waals surface area contributed by atoms with E-state index >= 15 is 0 Å². The van der Waals surface area contributed by atoms with Crippen molar-refractivity contribution in [3.8, 4) is 0 Å². The number of oxime groups is 1. The summed E-state index contributed by atoms with van der Waals surface area (Å²) >= 11 is 0. The first-order chi connectivity index (χ1) is 11.5. The lowest BCUT2D eigenvalue weighted by molar-refractivity contribution is -0.127. The average molecular weight is 331 g/mol. The Kier molecular flexibility index (Phi) is 6.06. The number of nitrogens with zero attached hydrogens (tertiary/aromatic N) is 2. The number of ether oxygens (including phenoxy) is 1. The van der Waals surface area contributed by atoms with Crippen molar-refractivity contribution in [2.24, 2.45) is 16.1 Å². The molecule has 0 fully saturated rings. The van der Waals surface area contributed by atoms with Gasteiger partial charge in [-0.05, 0) is 23.6 Å². The van der Waals surface area contributed by atoms with Crippen molar-refractivity contribution in [3.63, 3.8) is 0 Å². The lowest BCUT2D eigenvalue weighted by Crippen LogP contribution is -2.19. The topological polar surface area (TPSA) is 89.3 Å². The molecule has 128 valence electrons. The van der Waals surface area contributed by atoms with Gasteiger partial charge in [0.05, 0.1) is 12.3 Å². The number of anilines is 1. The summed E-state index contributed by atoms with van der Waals surface area (Å²) in [7, 11) is 0. The second-order valence-corrected chi connectivity index (χ2v) is 5.89. The molecule has 1 heterocycles. The molecule has 0 saturated heterocycles. The fraction of sp³-hybridized carbons (Fsp3) is 0.412. The summed E-state index contributed by atoms with van der Waals surface area (Å²) in [6.07, 6.45) is 0.778. The van der Waals surface area contributed by atoms with Crippen LogP contribution in [0.25, 0.3) is 0 Å². The summed E-state index contributed by atoms with van der Waals surface area (Å²) in [5, 5.41) is 6.64. The largest absolute Gasteiger partial charge is 0.483 e. The molecular formula is C17H21N3O4. The number of carbonyl (C=O) groups is 2. The summed E-state index contributed by atoms with van der Waals surface area (Å²) in [4.78, 5) is 31.8. The number of benzene rings is 1. The van der Waals surface area contributed by atoms with E-state index in [9.17, 15) is 9.59 Å². The van der Waals surface area contributed by atoms with Gasteiger partial charge in [-0.1, -0.05) is 31.1 Å². The van der Waals surface area contributed by atoms with Gasteiger partial charge in [0.2, 0.25) is 12.0 Å². The van der Waals surface area contributed by atoms with Gasteiger partial charge in [-0.2, -0.15) is 4.99 Å². The van der Waals surface area contributed by atoms with Gasteiger partial charge in [0.15, 0.2) is 6.40 Å². The predicted octanol–water partition coefficient (Wildman–Crippen LogP) is 2.37. The quantitative estimate of drug-likeness (QED) is 0.640. The molecule has 7 heteroatoms. The van der Waals surface area contributed by atoms with Crippen LogP contribution in [0, 0.1) is 5.92 Å². The highest BCUT2D eigenvalue weighted by molar-refractivity contribution is 6.05. The van der Waals surface area contributed by atoms with E-state index in [0.29, 0.717) is 30.3 Å². The van der Waals surface area contributed by atoms with E-state index in [0.717, 1.165) is 12.0 Å². The van der Waals surface area contributed by atoms with Gasteiger partial charge in [-0.3, -0.25) is 9.59 Å². The van der Waals surface area contributed by atoms with Crippen LogP contribution in [0.5, 0.6) is 0 Å². The van der Waals surface area contributed by atoms with Gasteiger partial charge in [0, 0.05) is 19.0 Å². The van der Waals surface area contributed by atoms with Crippen molar-refractivity contribution >= 4 is 29.6 Å². The molecule has 0 aromatic heterocycles. The minimum absolute atomic E-state index is 0.132. The highest BCUT2D eigenvalue weighted by Crippen LogP contribution is 2.19. The Balaban J connectivity index is 1.87. The monoisotopic (exact) mass is 331 g/mol. The van der Waals surface area contributed by atoms with E-state index in [1.807, 2.05) is 26.0 Å². The molecule has 1 N–H and O–H groups in total. The van der Waals surface area contributed by atoms with Gasteiger partial charge in [-0.25, -0.2) is 0 Å². The fourth-order valence-electron chi connectivity index (χ4n) is 2.04. The van der Waals surface area contributed by atoms with Gasteiger partial charge in [0.25, 0.3) is 5.91 Å². The van der Waals surface area contributed by atoms with Gasteiger partial charge >= 0.3 is 0 Å². The maximum Gasteiger partial charge on any atom is 0.292 e. The molecular weight excluding hydrogens is 310 g/mol. The van der Waals surface area contributed by atoms with E-state index in [1.54, 1.807) is 12.1 Å². The second-order valence-electron chi connectivity index (χ2n) is 5.89. The van der Waals surface area contributed by atoms with E-state index < -0.39 is 12.0 Å². The zero-order valence-electron chi connectivity index (χ0n) is 14.0. The first kappa shape index (κ1) is 17.7. The number of aliphatic imine (C=N–C) groups is 1. The molecule has 0 radical (unpaired) electrons. The summed E-state index contributed by atoms with van der Waals surface area (Å²) in [5.74, 6) is -0.190. The number of hydrogen-bond donors (Lipinski definition) is 1. The SMILES string of the molecule is CC(=O)Nc1ccc(C2=NOC(C(=O)N=COCC(C)C)C2)cc1. The zero-order chi connectivity index (χ0) is 17.5. The molecule has 1 aliphatic rings. The van der Waals surface area contributed by atoms with Crippen LogP contribution in [0.1, 0.15) is 32.8 Å². The Bertz CT molecular complexity index is 650. The molecule has 24 heavy (non-hydrogen) atoms. The van der Waals surface area contributed by atoms with Crippen LogP contribution >= 0.6 is 0 Å². The highest BCUT2D eigenvalue weighted by atomic mass is 16.6. The number of rotatable bonds is 6. The standard InChI is InChI=1S/C17H21N3O4/c1-11(2)9-23-10-18-17(22)16-8-15(20-24-16)13-4-6-14(7-5-13)19-12(3)21/h4-7,10-11,16H,8-9H2,1-3H3,(H,19,21). The van der Waals surface area contributed by atoms with Crippen LogP contribution in [0.15, 0.2) is 34.4 Å². The Morgan fingerprint density at radius 2 is 2.12 bits per heavy atom. The van der Waals surface area contributed by atoms with Crippen molar-refractivity contribution in [2.45, 2.75) is 33.3 Å². The highest BCUT2D eigenvalue weighted by Gasteiger charge is 2.28. The number of nitrogens with one attached hydrogen (secondary N) is 1. The lowest BCUT2D eigenvalue weighted by Gasteiger charge is -2.05. The summed E-state index contributed by atoms with van der Waals surface area (Å²) in [5.41, 5.74) is 2.20. The molecule has 1 atom stereocenters. The summed E-state index contributed by atoms with van der Waals surface area (Å²) in [6, 6.07) is 7.17. The molecule has 2 rings (SSSR count). The van der Waals surface area contributed by atoms with E-state index in [2.05, 4.69) is 15.5 Å². The van der Waals surface area contributed by atoms with Gasteiger partial charge in [-0.15, -0.1) is 0 Å². The third-order valence-electron chi connectivity index (χ3n) is 3.17. The van der Waals surface area contributed by atoms with Crippen LogP contribution < -0.4 is 5.32 Å². The molecule has 0 saturated carbocycles. The minimum Gasteiger partial charge on any atom is -0.483 e. The molecule has 0 spiro atoms. The Hall–Kier alpha value is -2.70. The Morgan fingerprint density at radius 3 is 2.75 bits per heavy atom. The predicted molar refractivity (Wildman–Crippen MR) is 91.1 cm³/mol. The Morgan fingerprint density at radius 1 is 1.42 bits per heavy atom. The normalized spacial score (nSPS) is 16.8. The molecule has 2 amide bonds. The maximum atomic E-state index is 11.9. The van der Waals surface area contributed by atoms with Crippen LogP contribution in [-0.2, 0) is 19.2 Å². The smallest absolute Gasteiger partial charge is 0.292 e. The van der Waals surface area contributed by atoms with E-state index in [4.69, 9.17) is 9.57 Å². The molecule has 0 bridgehead atoms. The molecule has 7 nitrogen and oxygen atoms in total. The van der Waals surface area contributed by atoms with Gasteiger partial charge < -0.3 is 14.9 Å². The van der Waals surface area contributed by atoms with Crippen LogP contribution in [0.2, 0.25) is 0 Å². The van der Waals surface area contributed by atoms with Crippen molar-refractivity contribution in [2.75, 3.05) is 11.9 Å². The van der Waals surface area contributed by atoms with Crippen molar-refractivity contribution in [1.82, 2.24) is 0 Å². The van der Waals surface area contributed by atoms with Crippen LogP contribution in [0.4, 0.5) is 5.69 Å². The minimum atomic E-state index is -0.728. The first-order valence-electron chi connectivity index (χ1n) is 7.74. The van der Waals surface area contributed by atoms with Crippen LogP contribution in [0.3, 0.4) is 0 Å². The number of amides is 2. The number of carbonyl (C=O) groups excluding carboxylic acids is 2. The van der Waals surface area contributed by atoms with E-state index in [1.165, 1.54) is 6.92 Å². The average Bonchev–Trinajstić information content (AvgIpc) is 3.01. The molecule has 1 aromatic rings. The third-order valence-corrected chi connectivity index (χ3v) is 3.17.